The Hall–Kier alpha value is -2.44. The molecule has 0 bridgehead atoms. The first-order valence-corrected chi connectivity index (χ1v) is 7.10. The predicted octanol–water partition coefficient (Wildman–Crippen LogP) is 1.60. The first kappa shape index (κ1) is 15.9. The smallest absolute Gasteiger partial charge is 0.328 e. The second-order valence-electron chi connectivity index (χ2n) is 5.43. The number of nitro groups is 1. The molecule has 2 rings (SSSR count). The third-order valence-electron chi connectivity index (χ3n) is 3.57. The van der Waals surface area contributed by atoms with Crippen molar-refractivity contribution in [3.05, 3.63) is 39.9 Å². The Bertz CT molecular complexity index is 583. The number of hydrogen-bond donors (Lipinski definition) is 1. The highest BCUT2D eigenvalue weighted by Crippen LogP contribution is 2.33. The Morgan fingerprint density at radius 1 is 1.45 bits per heavy atom. The van der Waals surface area contributed by atoms with E-state index in [9.17, 15) is 19.7 Å². The number of nitrogens with zero attached hydrogens (tertiary/aromatic N) is 1. The number of nitrogens with one attached hydrogen (secondary N) is 1. The van der Waals surface area contributed by atoms with E-state index in [2.05, 4.69) is 5.32 Å². The number of benzene rings is 1. The largest absolute Gasteiger partial charge is 0.467 e. The van der Waals surface area contributed by atoms with Crippen LogP contribution in [0.5, 0.6) is 0 Å². The molecule has 22 heavy (non-hydrogen) atoms. The molecule has 7 heteroatoms. The summed E-state index contributed by atoms with van der Waals surface area (Å²) in [7, 11) is 1.29. The van der Waals surface area contributed by atoms with Gasteiger partial charge in [0.15, 0.2) is 0 Å². The second-order valence-corrected chi connectivity index (χ2v) is 5.43. The van der Waals surface area contributed by atoms with Gasteiger partial charge < -0.3 is 10.1 Å². The summed E-state index contributed by atoms with van der Waals surface area (Å²) in [6.07, 6.45) is 2.69. The van der Waals surface area contributed by atoms with Crippen LogP contribution in [-0.4, -0.2) is 30.0 Å². The van der Waals surface area contributed by atoms with Crippen molar-refractivity contribution in [1.29, 1.82) is 0 Å². The minimum atomic E-state index is -0.649. The normalized spacial score (nSPS) is 15.0. The summed E-state index contributed by atoms with van der Waals surface area (Å²) in [5.74, 6) is -0.349. The molecule has 0 unspecified atom stereocenters. The van der Waals surface area contributed by atoms with Gasteiger partial charge in [0.1, 0.15) is 6.04 Å². The number of non-ortho nitro benzene ring substituents is 1. The maximum absolute atomic E-state index is 12.0. The summed E-state index contributed by atoms with van der Waals surface area (Å²) in [6.45, 7) is 0. The van der Waals surface area contributed by atoms with Crippen LogP contribution in [-0.2, 0) is 20.7 Å². The highest BCUT2D eigenvalue weighted by atomic mass is 16.6. The van der Waals surface area contributed by atoms with Crippen molar-refractivity contribution in [3.8, 4) is 0 Å². The van der Waals surface area contributed by atoms with Crippen molar-refractivity contribution in [2.45, 2.75) is 31.7 Å². The molecule has 0 spiro atoms. The first-order valence-electron chi connectivity index (χ1n) is 7.10. The van der Waals surface area contributed by atoms with Crippen molar-refractivity contribution in [3.63, 3.8) is 0 Å². The molecule has 0 saturated heterocycles. The van der Waals surface area contributed by atoms with Gasteiger partial charge in [0.25, 0.3) is 5.69 Å². The van der Waals surface area contributed by atoms with Gasteiger partial charge >= 0.3 is 5.97 Å². The van der Waals surface area contributed by atoms with E-state index in [-0.39, 0.29) is 18.0 Å². The molecule has 0 aliphatic heterocycles. The first-order chi connectivity index (χ1) is 10.5. The fraction of sp³-hybridized carbons (Fsp3) is 0.467. The van der Waals surface area contributed by atoms with E-state index in [0.717, 1.165) is 12.8 Å². The Morgan fingerprint density at radius 3 is 2.77 bits per heavy atom. The predicted molar refractivity (Wildman–Crippen MR) is 78.1 cm³/mol. The van der Waals surface area contributed by atoms with Gasteiger partial charge in [-0.3, -0.25) is 14.9 Å². The van der Waals surface area contributed by atoms with Crippen LogP contribution in [0.3, 0.4) is 0 Å². The molecule has 1 aromatic carbocycles. The van der Waals surface area contributed by atoms with Gasteiger partial charge in [0.2, 0.25) is 5.91 Å². The van der Waals surface area contributed by atoms with E-state index in [4.69, 9.17) is 4.74 Å². The molecule has 1 atom stereocenters. The molecular formula is C15H18N2O5. The van der Waals surface area contributed by atoms with Crippen molar-refractivity contribution in [2.75, 3.05) is 7.11 Å². The van der Waals surface area contributed by atoms with Gasteiger partial charge in [-0.05, 0) is 17.9 Å². The quantitative estimate of drug-likeness (QED) is 0.468. The zero-order chi connectivity index (χ0) is 16.1. The highest BCUT2D eigenvalue weighted by molar-refractivity contribution is 5.85. The van der Waals surface area contributed by atoms with E-state index >= 15 is 0 Å². The molecular weight excluding hydrogens is 288 g/mol. The number of nitro benzene ring substituents is 1. The van der Waals surface area contributed by atoms with Gasteiger partial charge in [0, 0.05) is 12.1 Å². The number of methoxy groups -OCH3 is 1. The molecule has 1 fully saturated rings. The Morgan fingerprint density at radius 2 is 2.18 bits per heavy atom. The molecule has 0 radical (unpaired) electrons. The molecule has 1 N–H and O–H groups in total. The van der Waals surface area contributed by atoms with Crippen LogP contribution in [0, 0.1) is 16.0 Å². The standard InChI is InChI=1S/C15H18N2O5/c1-22-15(19)13(8-10-5-6-10)16-14(18)9-11-3-2-4-12(7-11)17(20)21/h2-4,7,10,13H,5-6,8-9H2,1H3,(H,16,18)/t13-/m1/s1. The van der Waals surface area contributed by atoms with E-state index in [1.54, 1.807) is 6.07 Å². The Kier molecular flexibility index (Phi) is 5.08. The number of amides is 1. The van der Waals surface area contributed by atoms with Gasteiger partial charge in [-0.1, -0.05) is 25.0 Å². The van der Waals surface area contributed by atoms with E-state index in [1.165, 1.54) is 25.3 Å². The van der Waals surface area contributed by atoms with Crippen LogP contribution in [0.2, 0.25) is 0 Å². The average molecular weight is 306 g/mol. The summed E-state index contributed by atoms with van der Waals surface area (Å²) in [4.78, 5) is 33.9. The van der Waals surface area contributed by atoms with Crippen molar-refractivity contribution >= 4 is 17.6 Å². The molecule has 0 heterocycles. The fourth-order valence-electron chi connectivity index (χ4n) is 2.25. The highest BCUT2D eigenvalue weighted by Gasteiger charge is 2.30. The lowest BCUT2D eigenvalue weighted by Crippen LogP contribution is -2.42. The summed E-state index contributed by atoms with van der Waals surface area (Å²) in [6, 6.07) is 5.24. The number of hydrogen-bond acceptors (Lipinski definition) is 5. The minimum Gasteiger partial charge on any atom is -0.467 e. The van der Waals surface area contributed by atoms with Crippen LogP contribution in [0.15, 0.2) is 24.3 Å². The van der Waals surface area contributed by atoms with Gasteiger partial charge in [-0.2, -0.15) is 0 Å². The second kappa shape index (κ2) is 7.02. The minimum absolute atomic E-state index is 0.0140. The average Bonchev–Trinajstić information content (AvgIpc) is 3.30. The lowest BCUT2D eigenvalue weighted by molar-refractivity contribution is -0.384. The summed E-state index contributed by atoms with van der Waals surface area (Å²) in [5, 5.41) is 13.4. The van der Waals surface area contributed by atoms with Crippen LogP contribution in [0.1, 0.15) is 24.8 Å². The van der Waals surface area contributed by atoms with Gasteiger partial charge in [0.05, 0.1) is 18.5 Å². The Balaban J connectivity index is 1.96. The SMILES string of the molecule is COC(=O)[C@@H](CC1CC1)NC(=O)Cc1cccc([N+](=O)[O-])c1. The molecule has 1 aliphatic rings. The molecule has 0 aromatic heterocycles. The number of carbonyl (C=O) groups is 2. The maximum atomic E-state index is 12.0. The van der Waals surface area contributed by atoms with Crippen LogP contribution < -0.4 is 5.32 Å². The zero-order valence-corrected chi connectivity index (χ0v) is 12.3. The van der Waals surface area contributed by atoms with Crippen molar-refractivity contribution < 1.29 is 19.2 Å². The summed E-state index contributed by atoms with van der Waals surface area (Å²) < 4.78 is 4.70. The maximum Gasteiger partial charge on any atom is 0.328 e. The van der Waals surface area contributed by atoms with Crippen LogP contribution >= 0.6 is 0 Å². The van der Waals surface area contributed by atoms with E-state index in [0.29, 0.717) is 17.9 Å². The van der Waals surface area contributed by atoms with Crippen molar-refractivity contribution in [1.82, 2.24) is 5.32 Å². The molecule has 1 aliphatic carbocycles. The topological polar surface area (TPSA) is 98.5 Å². The van der Waals surface area contributed by atoms with Gasteiger partial charge in [-0.15, -0.1) is 0 Å². The number of esters is 1. The molecule has 1 aromatic rings. The molecule has 1 saturated carbocycles. The lowest BCUT2D eigenvalue weighted by Gasteiger charge is -2.16. The number of carbonyl (C=O) groups excluding carboxylic acids is 2. The lowest BCUT2D eigenvalue weighted by atomic mass is 10.1. The van der Waals surface area contributed by atoms with E-state index < -0.39 is 16.9 Å². The zero-order valence-electron chi connectivity index (χ0n) is 12.3. The number of ether oxygens (including phenoxy) is 1. The summed E-state index contributed by atoms with van der Waals surface area (Å²) >= 11 is 0. The molecule has 118 valence electrons. The van der Waals surface area contributed by atoms with E-state index in [1.807, 2.05) is 0 Å². The monoisotopic (exact) mass is 306 g/mol. The molecule has 7 nitrogen and oxygen atoms in total. The Labute approximate surface area is 127 Å². The number of rotatable bonds is 7. The third kappa shape index (κ3) is 4.54. The van der Waals surface area contributed by atoms with Crippen molar-refractivity contribution in [2.24, 2.45) is 5.92 Å². The van der Waals surface area contributed by atoms with Gasteiger partial charge in [-0.25, -0.2) is 4.79 Å². The molecule has 1 amide bonds. The van der Waals surface area contributed by atoms with Crippen LogP contribution in [0.25, 0.3) is 0 Å². The third-order valence-corrected chi connectivity index (χ3v) is 3.57. The van der Waals surface area contributed by atoms with Crippen LogP contribution in [0.4, 0.5) is 5.69 Å². The fourth-order valence-corrected chi connectivity index (χ4v) is 2.25. The summed E-state index contributed by atoms with van der Waals surface area (Å²) in [5.41, 5.74) is 0.467.